The van der Waals surface area contributed by atoms with E-state index in [4.69, 9.17) is 11.6 Å². The maximum Gasteiger partial charge on any atom is 0.282 e. The van der Waals surface area contributed by atoms with E-state index < -0.39 is 17.6 Å². The summed E-state index contributed by atoms with van der Waals surface area (Å²) in [5, 5.41) is 3.64. The Kier molecular flexibility index (Phi) is 5.14. The average Bonchev–Trinajstić information content (AvgIpc) is 2.96. The molecule has 1 aliphatic heterocycles. The number of benzene rings is 3. The summed E-state index contributed by atoms with van der Waals surface area (Å²) in [4.78, 5) is 27.6. The van der Waals surface area contributed by atoms with Crippen molar-refractivity contribution in [3.8, 4) is 0 Å². The molecule has 1 heterocycles. The molecular formula is C24H18ClFN2O2. The fraction of sp³-hybridized carbons (Fsp3) is 0.0833. The lowest BCUT2D eigenvalue weighted by molar-refractivity contribution is -0.120. The fourth-order valence-electron chi connectivity index (χ4n) is 3.36. The summed E-state index contributed by atoms with van der Waals surface area (Å²) in [6.07, 6.45) is 0. The highest BCUT2D eigenvalue weighted by molar-refractivity contribution is 6.46. The van der Waals surface area contributed by atoms with Gasteiger partial charge in [-0.3, -0.25) is 9.59 Å². The quantitative estimate of drug-likeness (QED) is 0.567. The number of amides is 2. The van der Waals surface area contributed by atoms with E-state index >= 15 is 0 Å². The van der Waals surface area contributed by atoms with Gasteiger partial charge in [-0.05, 0) is 55.3 Å². The summed E-state index contributed by atoms with van der Waals surface area (Å²) in [7, 11) is 0. The van der Waals surface area contributed by atoms with Crippen LogP contribution in [0.5, 0.6) is 0 Å². The second-order valence-corrected chi connectivity index (χ2v) is 7.49. The SMILES string of the molecule is Cc1ccc(C2=C(Nc3cccc(Cl)c3C)C(=O)N(c3cccc(F)c3)C2=O)cc1. The number of anilines is 2. The van der Waals surface area contributed by atoms with Crippen LogP contribution in [0.2, 0.25) is 5.02 Å². The summed E-state index contributed by atoms with van der Waals surface area (Å²) in [5.41, 5.74) is 3.51. The molecule has 0 radical (unpaired) electrons. The van der Waals surface area contributed by atoms with Crippen LogP contribution in [-0.2, 0) is 9.59 Å². The van der Waals surface area contributed by atoms with Gasteiger partial charge in [0.2, 0.25) is 0 Å². The van der Waals surface area contributed by atoms with Crippen LogP contribution in [0, 0.1) is 19.7 Å². The number of rotatable bonds is 4. The molecule has 0 bridgehead atoms. The van der Waals surface area contributed by atoms with E-state index in [2.05, 4.69) is 5.32 Å². The number of carbonyl (C=O) groups is 2. The van der Waals surface area contributed by atoms with Crippen LogP contribution in [0.25, 0.3) is 5.57 Å². The molecule has 1 N–H and O–H groups in total. The summed E-state index contributed by atoms with van der Waals surface area (Å²) >= 11 is 6.22. The Hall–Kier alpha value is -3.44. The van der Waals surface area contributed by atoms with Gasteiger partial charge in [-0.25, -0.2) is 9.29 Å². The molecule has 150 valence electrons. The molecule has 0 saturated heterocycles. The summed E-state index contributed by atoms with van der Waals surface area (Å²) < 4.78 is 13.8. The second kappa shape index (κ2) is 7.76. The van der Waals surface area contributed by atoms with Crippen molar-refractivity contribution in [2.75, 3.05) is 10.2 Å². The lowest BCUT2D eigenvalue weighted by Crippen LogP contribution is -2.32. The predicted octanol–water partition coefficient (Wildman–Crippen LogP) is 5.49. The Morgan fingerprint density at radius 1 is 0.900 bits per heavy atom. The fourth-order valence-corrected chi connectivity index (χ4v) is 3.54. The van der Waals surface area contributed by atoms with E-state index in [9.17, 15) is 14.0 Å². The molecule has 0 unspecified atom stereocenters. The smallest absolute Gasteiger partial charge is 0.282 e. The number of hydrogen-bond acceptors (Lipinski definition) is 3. The van der Waals surface area contributed by atoms with Gasteiger partial charge in [0, 0.05) is 10.7 Å². The van der Waals surface area contributed by atoms with Gasteiger partial charge >= 0.3 is 0 Å². The zero-order valence-electron chi connectivity index (χ0n) is 16.4. The molecule has 0 fully saturated rings. The zero-order valence-corrected chi connectivity index (χ0v) is 17.1. The van der Waals surface area contributed by atoms with Gasteiger partial charge in [0.15, 0.2) is 0 Å². The Labute approximate surface area is 178 Å². The third-order valence-corrected chi connectivity index (χ3v) is 5.43. The minimum absolute atomic E-state index is 0.124. The van der Waals surface area contributed by atoms with Crippen LogP contribution in [0.4, 0.5) is 15.8 Å². The zero-order chi connectivity index (χ0) is 21.4. The molecule has 0 aliphatic carbocycles. The van der Waals surface area contributed by atoms with Crippen molar-refractivity contribution in [3.05, 3.63) is 100.0 Å². The van der Waals surface area contributed by atoms with Crippen molar-refractivity contribution >= 4 is 40.4 Å². The van der Waals surface area contributed by atoms with Crippen LogP contribution in [0.3, 0.4) is 0 Å². The standard InChI is InChI=1S/C24H18ClFN2O2/c1-14-9-11-16(12-10-14)21-22(27-20-8-4-7-19(25)15(20)2)24(30)28(23(21)29)18-6-3-5-17(26)13-18/h3-13,27H,1-2H3. The van der Waals surface area contributed by atoms with Gasteiger partial charge in [0.25, 0.3) is 11.8 Å². The Balaban J connectivity index is 1.86. The molecule has 0 saturated carbocycles. The topological polar surface area (TPSA) is 49.4 Å². The van der Waals surface area contributed by atoms with Crippen LogP contribution in [0.15, 0.2) is 72.4 Å². The maximum absolute atomic E-state index is 13.8. The van der Waals surface area contributed by atoms with Gasteiger partial charge in [0.1, 0.15) is 11.5 Å². The van der Waals surface area contributed by atoms with E-state index in [0.29, 0.717) is 16.3 Å². The lowest BCUT2D eigenvalue weighted by atomic mass is 10.0. The van der Waals surface area contributed by atoms with Gasteiger partial charge in [-0.15, -0.1) is 0 Å². The third-order valence-electron chi connectivity index (χ3n) is 5.02. The summed E-state index contributed by atoms with van der Waals surface area (Å²) in [5.74, 6) is -1.60. The second-order valence-electron chi connectivity index (χ2n) is 7.08. The molecule has 3 aromatic rings. The first kappa shape index (κ1) is 19.9. The largest absolute Gasteiger partial charge is 0.350 e. The van der Waals surface area contributed by atoms with Gasteiger partial charge in [-0.2, -0.15) is 0 Å². The predicted molar refractivity (Wildman–Crippen MR) is 117 cm³/mol. The molecular weight excluding hydrogens is 403 g/mol. The molecule has 30 heavy (non-hydrogen) atoms. The van der Waals surface area contributed by atoms with Crippen LogP contribution >= 0.6 is 11.6 Å². The Bertz CT molecular complexity index is 1200. The molecule has 0 aromatic heterocycles. The monoisotopic (exact) mass is 420 g/mol. The lowest BCUT2D eigenvalue weighted by Gasteiger charge is -2.16. The normalized spacial score (nSPS) is 13.9. The van der Waals surface area contributed by atoms with Gasteiger partial charge in [-0.1, -0.05) is 53.6 Å². The van der Waals surface area contributed by atoms with Crippen molar-refractivity contribution < 1.29 is 14.0 Å². The molecule has 3 aromatic carbocycles. The van der Waals surface area contributed by atoms with Gasteiger partial charge in [0.05, 0.1) is 11.3 Å². The van der Waals surface area contributed by atoms with Crippen molar-refractivity contribution in [2.45, 2.75) is 13.8 Å². The third kappa shape index (κ3) is 3.48. The first-order valence-corrected chi connectivity index (χ1v) is 9.72. The number of nitrogens with one attached hydrogen (secondary N) is 1. The van der Waals surface area contributed by atoms with E-state index in [-0.39, 0.29) is 17.0 Å². The van der Waals surface area contributed by atoms with E-state index in [0.717, 1.165) is 22.1 Å². The van der Waals surface area contributed by atoms with Crippen molar-refractivity contribution in [3.63, 3.8) is 0 Å². The molecule has 2 amide bonds. The first-order valence-electron chi connectivity index (χ1n) is 9.34. The Morgan fingerprint density at radius 3 is 2.30 bits per heavy atom. The number of aryl methyl sites for hydroxylation is 1. The number of halogens is 2. The molecule has 0 atom stereocenters. The van der Waals surface area contributed by atoms with Crippen LogP contribution in [0.1, 0.15) is 16.7 Å². The number of hydrogen-bond donors (Lipinski definition) is 1. The first-order chi connectivity index (χ1) is 14.4. The average molecular weight is 421 g/mol. The number of imide groups is 1. The van der Waals surface area contributed by atoms with Crippen LogP contribution < -0.4 is 10.2 Å². The molecule has 1 aliphatic rings. The molecule has 4 rings (SSSR count). The Morgan fingerprint density at radius 2 is 1.60 bits per heavy atom. The summed E-state index contributed by atoms with van der Waals surface area (Å²) in [6.45, 7) is 3.76. The number of carbonyl (C=O) groups excluding carboxylic acids is 2. The number of nitrogens with zero attached hydrogens (tertiary/aromatic N) is 1. The van der Waals surface area contributed by atoms with Gasteiger partial charge < -0.3 is 5.32 Å². The van der Waals surface area contributed by atoms with Crippen molar-refractivity contribution in [1.29, 1.82) is 0 Å². The molecule has 0 spiro atoms. The van der Waals surface area contributed by atoms with Crippen molar-refractivity contribution in [1.82, 2.24) is 0 Å². The van der Waals surface area contributed by atoms with E-state index in [1.807, 2.05) is 26.0 Å². The highest BCUT2D eigenvalue weighted by atomic mass is 35.5. The van der Waals surface area contributed by atoms with Crippen LogP contribution in [-0.4, -0.2) is 11.8 Å². The minimum atomic E-state index is -0.555. The molecule has 4 nitrogen and oxygen atoms in total. The molecule has 6 heteroatoms. The maximum atomic E-state index is 13.8. The van der Waals surface area contributed by atoms with E-state index in [1.54, 1.807) is 30.3 Å². The summed E-state index contributed by atoms with van der Waals surface area (Å²) in [6, 6.07) is 18.0. The highest BCUT2D eigenvalue weighted by Crippen LogP contribution is 2.35. The highest BCUT2D eigenvalue weighted by Gasteiger charge is 2.40. The van der Waals surface area contributed by atoms with Crippen molar-refractivity contribution in [2.24, 2.45) is 0 Å². The van der Waals surface area contributed by atoms with E-state index in [1.165, 1.54) is 18.2 Å². The minimum Gasteiger partial charge on any atom is -0.350 e.